The Morgan fingerprint density at radius 1 is 1.41 bits per heavy atom. The molecular weight excluding hydrogens is 216 g/mol. The van der Waals surface area contributed by atoms with E-state index in [-0.39, 0.29) is 0 Å². The lowest BCUT2D eigenvalue weighted by Crippen LogP contribution is -2.13. The first-order valence-corrected chi connectivity index (χ1v) is 5.10. The summed E-state index contributed by atoms with van der Waals surface area (Å²) in [7, 11) is 0. The largest absolute Gasteiger partial charge is 0.265 e. The van der Waals surface area contributed by atoms with Gasteiger partial charge in [-0.15, -0.1) is 16.5 Å². The van der Waals surface area contributed by atoms with Gasteiger partial charge in [0.05, 0.1) is 18.1 Å². The van der Waals surface area contributed by atoms with Gasteiger partial charge in [0.15, 0.2) is 0 Å². The molecule has 2 rings (SSSR count). The van der Waals surface area contributed by atoms with E-state index in [1.54, 1.807) is 30.9 Å². The lowest BCUT2D eigenvalue weighted by Gasteiger charge is -2.04. The van der Waals surface area contributed by atoms with E-state index in [0.29, 0.717) is 6.42 Å². The highest BCUT2D eigenvalue weighted by Gasteiger charge is 2.01. The molecule has 6 heteroatoms. The Morgan fingerprint density at radius 3 is 2.88 bits per heavy atom. The number of hydrazone groups is 1. The van der Waals surface area contributed by atoms with Crippen LogP contribution in [0.1, 0.15) is 12.0 Å². The minimum atomic E-state index is 0.658. The second-order valence-electron chi connectivity index (χ2n) is 3.23. The number of hydrogen-bond donors (Lipinski definition) is 1. The van der Waals surface area contributed by atoms with Gasteiger partial charge in [0, 0.05) is 24.4 Å². The molecule has 0 radical (unpaired) electrons. The van der Waals surface area contributed by atoms with Crippen molar-refractivity contribution in [2.24, 2.45) is 5.10 Å². The summed E-state index contributed by atoms with van der Waals surface area (Å²) in [5, 5.41) is 11.7. The van der Waals surface area contributed by atoms with Crippen LogP contribution in [0.25, 0.3) is 0 Å². The minimum absolute atomic E-state index is 0.658. The number of pyridine rings is 1. The maximum absolute atomic E-state index is 4.25. The third kappa shape index (κ3) is 2.97. The normalized spacial score (nSPS) is 11.2. The molecule has 0 amide bonds. The Balaban J connectivity index is 2.17. The highest BCUT2D eigenvalue weighted by Crippen LogP contribution is 2.03. The first-order valence-electron chi connectivity index (χ1n) is 5.10. The van der Waals surface area contributed by atoms with Gasteiger partial charge in [-0.05, 0) is 17.3 Å². The van der Waals surface area contributed by atoms with Gasteiger partial charge in [-0.3, -0.25) is 4.98 Å². The number of hydrogen-bond acceptors (Lipinski definition) is 5. The molecular formula is C11H12N6. The molecule has 0 bridgehead atoms. The zero-order chi connectivity index (χ0) is 11.9. The third-order valence-corrected chi connectivity index (χ3v) is 2.06. The Bertz CT molecular complexity index is 488. The fraction of sp³-hybridized carbons (Fsp3) is 0.0909. The Kier molecular flexibility index (Phi) is 3.59. The summed E-state index contributed by atoms with van der Waals surface area (Å²) < 4.78 is 0. The van der Waals surface area contributed by atoms with Crippen LogP contribution in [-0.4, -0.2) is 25.8 Å². The Labute approximate surface area is 98.7 Å². The van der Waals surface area contributed by atoms with Crippen molar-refractivity contribution >= 4 is 5.71 Å². The molecule has 0 aromatic carbocycles. The average molecular weight is 228 g/mol. The molecule has 0 saturated carbocycles. The molecule has 0 aliphatic heterocycles. The van der Waals surface area contributed by atoms with E-state index in [9.17, 15) is 0 Å². The topological polar surface area (TPSA) is 68.0 Å². The summed E-state index contributed by atoms with van der Waals surface area (Å²) in [4.78, 5) is 5.39. The second-order valence-corrected chi connectivity index (χ2v) is 3.23. The highest BCUT2D eigenvalue weighted by atomic mass is 15.7. The van der Waals surface area contributed by atoms with Crippen molar-refractivity contribution in [1.29, 1.82) is 0 Å². The number of nitrogens with zero attached hydrogens (tertiary/aromatic N) is 5. The van der Waals surface area contributed by atoms with E-state index in [4.69, 9.17) is 0 Å². The molecule has 0 spiro atoms. The molecule has 1 N–H and O–H groups in total. The molecule has 0 unspecified atom stereocenters. The fourth-order valence-corrected chi connectivity index (χ4v) is 1.28. The first kappa shape index (κ1) is 11.0. The van der Waals surface area contributed by atoms with Crippen molar-refractivity contribution in [2.45, 2.75) is 6.42 Å². The SMILES string of the molecule is C=CC/C(=N\Nn1ccnn1)c1ccncc1. The van der Waals surface area contributed by atoms with Crippen LogP contribution in [0.2, 0.25) is 0 Å². The summed E-state index contributed by atoms with van der Waals surface area (Å²) in [6.07, 6.45) is 9.14. The van der Waals surface area contributed by atoms with Gasteiger partial charge in [-0.1, -0.05) is 6.08 Å². The zero-order valence-electron chi connectivity index (χ0n) is 9.19. The monoisotopic (exact) mass is 228 g/mol. The smallest absolute Gasteiger partial charge is 0.0734 e. The van der Waals surface area contributed by atoms with Crippen LogP contribution in [0, 0.1) is 0 Å². The molecule has 0 aliphatic rings. The quantitative estimate of drug-likeness (QED) is 0.474. The van der Waals surface area contributed by atoms with Crippen molar-refractivity contribution < 1.29 is 0 Å². The van der Waals surface area contributed by atoms with E-state index in [1.807, 2.05) is 12.1 Å². The minimum Gasteiger partial charge on any atom is -0.265 e. The van der Waals surface area contributed by atoms with Gasteiger partial charge in [-0.2, -0.15) is 10.6 Å². The summed E-state index contributed by atoms with van der Waals surface area (Å²) >= 11 is 0. The lowest BCUT2D eigenvalue weighted by molar-refractivity contribution is 0.707. The average Bonchev–Trinajstić information content (AvgIpc) is 2.88. The number of rotatable bonds is 5. The van der Waals surface area contributed by atoms with Crippen LogP contribution in [-0.2, 0) is 0 Å². The summed E-state index contributed by atoms with van der Waals surface area (Å²) in [6.45, 7) is 3.71. The molecule has 86 valence electrons. The molecule has 0 atom stereocenters. The van der Waals surface area contributed by atoms with Crippen molar-refractivity contribution in [1.82, 2.24) is 20.1 Å². The van der Waals surface area contributed by atoms with Crippen LogP contribution in [0.15, 0.2) is 54.7 Å². The molecule has 2 aromatic heterocycles. The highest BCUT2D eigenvalue weighted by molar-refractivity contribution is 6.01. The van der Waals surface area contributed by atoms with Crippen molar-refractivity contribution in [3.05, 3.63) is 55.1 Å². The van der Waals surface area contributed by atoms with Gasteiger partial charge < -0.3 is 0 Å². The second kappa shape index (κ2) is 5.55. The molecule has 0 fully saturated rings. The third-order valence-electron chi connectivity index (χ3n) is 2.06. The van der Waals surface area contributed by atoms with Gasteiger partial charge in [-0.25, -0.2) is 0 Å². The standard InChI is InChI=1S/C11H12N6/c1-2-3-11(10-4-6-12-7-5-10)14-16-17-9-8-13-15-17/h2,4-9,16H,1,3H2/b14-11+. The number of allylic oxidation sites excluding steroid dienone is 1. The van der Waals surface area contributed by atoms with Crippen molar-refractivity contribution in [3.63, 3.8) is 0 Å². The predicted octanol–water partition coefficient (Wildman–Crippen LogP) is 1.20. The molecule has 2 aromatic rings. The Hall–Kier alpha value is -2.50. The van der Waals surface area contributed by atoms with Gasteiger partial charge in [0.1, 0.15) is 0 Å². The number of nitrogens with one attached hydrogen (secondary N) is 1. The predicted molar refractivity (Wildman–Crippen MR) is 65.0 cm³/mol. The Morgan fingerprint density at radius 2 is 2.24 bits per heavy atom. The van der Waals surface area contributed by atoms with Crippen LogP contribution in [0.5, 0.6) is 0 Å². The maximum atomic E-state index is 4.25. The van der Waals surface area contributed by atoms with E-state index < -0.39 is 0 Å². The summed E-state index contributed by atoms with van der Waals surface area (Å²) in [5.74, 6) is 0. The molecule has 17 heavy (non-hydrogen) atoms. The maximum Gasteiger partial charge on any atom is 0.0734 e. The van der Waals surface area contributed by atoms with E-state index in [2.05, 4.69) is 32.5 Å². The number of aromatic nitrogens is 4. The van der Waals surface area contributed by atoms with E-state index in [1.165, 1.54) is 4.79 Å². The van der Waals surface area contributed by atoms with E-state index >= 15 is 0 Å². The molecule has 6 nitrogen and oxygen atoms in total. The van der Waals surface area contributed by atoms with Crippen LogP contribution in [0.4, 0.5) is 0 Å². The van der Waals surface area contributed by atoms with Crippen LogP contribution in [0.3, 0.4) is 0 Å². The van der Waals surface area contributed by atoms with Crippen LogP contribution >= 0.6 is 0 Å². The molecule has 2 heterocycles. The zero-order valence-corrected chi connectivity index (χ0v) is 9.19. The summed E-state index contributed by atoms with van der Waals surface area (Å²) in [5.41, 5.74) is 4.62. The van der Waals surface area contributed by atoms with Crippen molar-refractivity contribution in [2.75, 3.05) is 5.53 Å². The van der Waals surface area contributed by atoms with Gasteiger partial charge in [0.2, 0.25) is 0 Å². The lowest BCUT2D eigenvalue weighted by atomic mass is 10.1. The summed E-state index contributed by atoms with van der Waals surface area (Å²) in [6, 6.07) is 3.79. The van der Waals surface area contributed by atoms with Gasteiger partial charge in [0.25, 0.3) is 0 Å². The fourth-order valence-electron chi connectivity index (χ4n) is 1.28. The molecule has 0 aliphatic carbocycles. The van der Waals surface area contributed by atoms with Gasteiger partial charge >= 0.3 is 0 Å². The first-order chi connectivity index (χ1) is 8.40. The van der Waals surface area contributed by atoms with Crippen LogP contribution < -0.4 is 5.53 Å². The molecule has 0 saturated heterocycles. The van der Waals surface area contributed by atoms with Crippen molar-refractivity contribution in [3.8, 4) is 0 Å². The van der Waals surface area contributed by atoms with E-state index in [0.717, 1.165) is 11.3 Å².